The summed E-state index contributed by atoms with van der Waals surface area (Å²) in [6.45, 7) is 5.54. The number of benzene rings is 1. The molecule has 0 saturated heterocycles. The van der Waals surface area contributed by atoms with Crippen LogP contribution in [0, 0.1) is 13.8 Å². The first-order chi connectivity index (χ1) is 5.13. The quantitative estimate of drug-likeness (QED) is 0.591. The first-order valence-corrected chi connectivity index (χ1v) is 3.87. The number of rotatable bonds is 1. The average molecular weight is 148 g/mol. The lowest BCUT2D eigenvalue weighted by atomic mass is 9.62. The van der Waals surface area contributed by atoms with E-state index in [1.807, 2.05) is 19.1 Å². The third-order valence-electron chi connectivity index (χ3n) is 2.10. The predicted molar refractivity (Wildman–Crippen MR) is 49.4 cm³/mol. The largest absolute Gasteiger partial charge is 0.446 e. The lowest BCUT2D eigenvalue weighted by molar-refractivity contribution is 0.593. The summed E-state index contributed by atoms with van der Waals surface area (Å²) in [7, 11) is 0. The van der Waals surface area contributed by atoms with Crippen LogP contribution in [0.4, 0.5) is 0 Å². The molecule has 0 amide bonds. The third-order valence-corrected chi connectivity index (χ3v) is 2.10. The minimum absolute atomic E-state index is 0.352. The highest BCUT2D eigenvalue weighted by molar-refractivity contribution is 6.65. The summed E-state index contributed by atoms with van der Waals surface area (Å²) < 4.78 is 0. The van der Waals surface area contributed by atoms with E-state index in [-0.39, 0.29) is 6.92 Å². The van der Waals surface area contributed by atoms with Gasteiger partial charge in [-0.15, -0.1) is 0 Å². The van der Waals surface area contributed by atoms with Crippen LogP contribution in [0.2, 0.25) is 6.82 Å². The lowest BCUT2D eigenvalue weighted by Crippen LogP contribution is -2.29. The Morgan fingerprint density at radius 1 is 1.27 bits per heavy atom. The fourth-order valence-corrected chi connectivity index (χ4v) is 1.23. The Bertz CT molecular complexity index is 256. The Labute approximate surface area is 68.2 Å². The smallest absolute Gasteiger partial charge is 0.320 e. The molecule has 1 N–H and O–H groups in total. The number of hydrogen-bond donors (Lipinski definition) is 1. The van der Waals surface area contributed by atoms with Crippen LogP contribution in [0.5, 0.6) is 0 Å². The lowest BCUT2D eigenvalue weighted by Gasteiger charge is -2.07. The molecule has 0 unspecified atom stereocenters. The van der Waals surface area contributed by atoms with E-state index in [4.69, 9.17) is 0 Å². The molecule has 0 aliphatic carbocycles. The van der Waals surface area contributed by atoms with Crippen LogP contribution < -0.4 is 5.46 Å². The van der Waals surface area contributed by atoms with Crippen molar-refractivity contribution in [1.82, 2.24) is 0 Å². The second kappa shape index (κ2) is 3.10. The fraction of sp³-hybridized carbons (Fsp3) is 0.333. The van der Waals surface area contributed by atoms with E-state index in [0.717, 1.165) is 5.46 Å². The number of aryl methyl sites for hydroxylation is 1. The molecule has 0 atom stereocenters. The van der Waals surface area contributed by atoms with Gasteiger partial charge in [0.15, 0.2) is 0 Å². The predicted octanol–water partition coefficient (Wildman–Crippen LogP) is 1.12. The maximum atomic E-state index is 9.33. The monoisotopic (exact) mass is 148 g/mol. The van der Waals surface area contributed by atoms with Crippen molar-refractivity contribution in [3.63, 3.8) is 0 Å². The summed E-state index contributed by atoms with van der Waals surface area (Å²) in [4.78, 5) is 0. The van der Waals surface area contributed by atoms with Gasteiger partial charge in [-0.25, -0.2) is 0 Å². The van der Waals surface area contributed by atoms with Crippen LogP contribution in [0.3, 0.4) is 0 Å². The van der Waals surface area contributed by atoms with E-state index in [1.165, 1.54) is 11.1 Å². The van der Waals surface area contributed by atoms with Gasteiger partial charge in [-0.2, -0.15) is 0 Å². The highest BCUT2D eigenvalue weighted by atomic mass is 16.2. The first kappa shape index (κ1) is 8.34. The molecule has 58 valence electrons. The van der Waals surface area contributed by atoms with Gasteiger partial charge in [-0.1, -0.05) is 30.6 Å². The Kier molecular flexibility index (Phi) is 2.35. The van der Waals surface area contributed by atoms with Gasteiger partial charge in [0.1, 0.15) is 0 Å². The van der Waals surface area contributed by atoms with E-state index in [1.54, 1.807) is 6.82 Å². The fourth-order valence-electron chi connectivity index (χ4n) is 1.23. The summed E-state index contributed by atoms with van der Waals surface area (Å²) in [5.41, 5.74) is 3.47. The molecule has 0 aliphatic rings. The topological polar surface area (TPSA) is 20.2 Å². The Balaban J connectivity index is 3.17. The first-order valence-electron chi connectivity index (χ1n) is 3.87. The second-order valence-electron chi connectivity index (χ2n) is 2.97. The summed E-state index contributed by atoms with van der Waals surface area (Å²) in [5, 5.41) is 9.33. The van der Waals surface area contributed by atoms with Crippen molar-refractivity contribution in [2.24, 2.45) is 0 Å². The Hall–Kier alpha value is -0.755. The molecule has 0 heterocycles. The van der Waals surface area contributed by atoms with E-state index in [2.05, 4.69) is 13.0 Å². The van der Waals surface area contributed by atoms with Crippen LogP contribution in [-0.4, -0.2) is 11.9 Å². The van der Waals surface area contributed by atoms with Gasteiger partial charge in [-0.05, 0) is 24.9 Å². The zero-order valence-corrected chi connectivity index (χ0v) is 7.26. The van der Waals surface area contributed by atoms with Crippen molar-refractivity contribution >= 4 is 12.4 Å². The summed E-state index contributed by atoms with van der Waals surface area (Å²) >= 11 is 0. The summed E-state index contributed by atoms with van der Waals surface area (Å²) in [5.74, 6) is 0. The van der Waals surface area contributed by atoms with Gasteiger partial charge in [0, 0.05) is 0 Å². The molecule has 1 rings (SSSR count). The molecule has 11 heavy (non-hydrogen) atoms. The zero-order valence-electron chi connectivity index (χ0n) is 7.26. The van der Waals surface area contributed by atoms with Crippen LogP contribution in [0.1, 0.15) is 11.1 Å². The molecule has 0 bridgehead atoms. The van der Waals surface area contributed by atoms with Crippen molar-refractivity contribution in [2.75, 3.05) is 0 Å². The van der Waals surface area contributed by atoms with Gasteiger partial charge in [0.05, 0.1) is 0 Å². The normalized spacial score (nSPS) is 9.82. The molecule has 2 heteroatoms. The van der Waals surface area contributed by atoms with Crippen LogP contribution >= 0.6 is 0 Å². The molecule has 0 radical (unpaired) electrons. The van der Waals surface area contributed by atoms with Gasteiger partial charge in [0.25, 0.3) is 0 Å². The van der Waals surface area contributed by atoms with Gasteiger partial charge >= 0.3 is 6.92 Å². The standard InChI is InChI=1S/C9H13BO/c1-7-5-4-6-9(8(7)2)10(3)11/h4-6,11H,1-3H3. The Morgan fingerprint density at radius 2 is 1.91 bits per heavy atom. The second-order valence-corrected chi connectivity index (χ2v) is 2.97. The average Bonchev–Trinajstić information content (AvgIpc) is 1.94. The molecular weight excluding hydrogens is 135 g/mol. The maximum absolute atomic E-state index is 9.33. The molecular formula is C9H13BO. The SMILES string of the molecule is CB(O)c1cccc(C)c1C. The van der Waals surface area contributed by atoms with Crippen LogP contribution in [0.25, 0.3) is 0 Å². The maximum Gasteiger partial charge on any atom is 0.320 e. The molecule has 0 aromatic heterocycles. The molecule has 1 aromatic rings. The van der Waals surface area contributed by atoms with Gasteiger partial charge in [-0.3, -0.25) is 0 Å². The highest BCUT2D eigenvalue weighted by Gasteiger charge is 2.09. The zero-order chi connectivity index (χ0) is 8.43. The van der Waals surface area contributed by atoms with Gasteiger partial charge in [0.2, 0.25) is 0 Å². The van der Waals surface area contributed by atoms with Crippen molar-refractivity contribution < 1.29 is 5.02 Å². The number of hydrogen-bond acceptors (Lipinski definition) is 1. The van der Waals surface area contributed by atoms with Crippen molar-refractivity contribution in [3.05, 3.63) is 29.3 Å². The third kappa shape index (κ3) is 1.63. The van der Waals surface area contributed by atoms with E-state index in [9.17, 15) is 5.02 Å². The van der Waals surface area contributed by atoms with E-state index in [0.29, 0.717) is 0 Å². The molecule has 0 saturated carbocycles. The molecule has 1 nitrogen and oxygen atoms in total. The summed E-state index contributed by atoms with van der Waals surface area (Å²) in [6.07, 6.45) is 0. The van der Waals surface area contributed by atoms with Crippen molar-refractivity contribution in [3.8, 4) is 0 Å². The van der Waals surface area contributed by atoms with Gasteiger partial charge < -0.3 is 5.02 Å². The van der Waals surface area contributed by atoms with Crippen LogP contribution in [0.15, 0.2) is 18.2 Å². The van der Waals surface area contributed by atoms with Crippen molar-refractivity contribution in [1.29, 1.82) is 0 Å². The Morgan fingerprint density at radius 3 is 2.36 bits per heavy atom. The van der Waals surface area contributed by atoms with E-state index >= 15 is 0 Å². The minimum Gasteiger partial charge on any atom is -0.446 e. The van der Waals surface area contributed by atoms with E-state index < -0.39 is 0 Å². The van der Waals surface area contributed by atoms with Crippen molar-refractivity contribution in [2.45, 2.75) is 20.7 Å². The molecule has 0 aliphatic heterocycles. The highest BCUT2D eigenvalue weighted by Crippen LogP contribution is 2.02. The van der Waals surface area contributed by atoms with Crippen LogP contribution in [-0.2, 0) is 0 Å². The minimum atomic E-state index is -0.352. The molecule has 1 aromatic carbocycles. The molecule has 0 spiro atoms. The summed E-state index contributed by atoms with van der Waals surface area (Å²) in [6, 6.07) is 6.00. The molecule has 0 fully saturated rings.